The average Bonchev–Trinajstić information content (AvgIpc) is 2.44. The van der Waals surface area contributed by atoms with Gasteiger partial charge >= 0.3 is 11.9 Å². The fourth-order valence-corrected chi connectivity index (χ4v) is 2.00. The largest absolute Gasteiger partial charge is 0.457 e. The quantitative estimate of drug-likeness (QED) is 0.511. The number of esters is 2. The molecule has 1 saturated heterocycles. The minimum atomic E-state index is -1.45. The number of rotatable bonds is 4. The van der Waals surface area contributed by atoms with Crippen LogP contribution in [0.25, 0.3) is 0 Å². The highest BCUT2D eigenvalue weighted by Crippen LogP contribution is 2.24. The van der Waals surface area contributed by atoms with Gasteiger partial charge in [0.05, 0.1) is 6.61 Å². The van der Waals surface area contributed by atoms with Crippen molar-refractivity contribution >= 4 is 17.8 Å². The van der Waals surface area contributed by atoms with Gasteiger partial charge < -0.3 is 29.7 Å². The molecule has 0 aromatic rings. The summed E-state index contributed by atoms with van der Waals surface area (Å²) < 4.78 is 22.1. The van der Waals surface area contributed by atoms with Gasteiger partial charge in [-0.1, -0.05) is 0 Å². The first-order chi connectivity index (χ1) is 10.3. The van der Waals surface area contributed by atoms with Crippen LogP contribution >= 0.6 is 0 Å². The molecule has 1 rings (SSSR count). The normalized spacial score (nSPS) is 32.8. The standard InChI is InChI=1S/C12H19NO8/c1-5(15)13-9-11(19-6(2)16)10(18)8(4-14)21-12(9)20-7(3)17/h8-12,14,18H,4H2,1-3H3,(H,13,15)/t8-,9-,10+,11-,12?/m1/s1/i1D. The predicted octanol–water partition coefficient (Wildman–Crippen LogP) is -1.94. The monoisotopic (exact) mass is 306 g/mol. The highest BCUT2D eigenvalue weighted by molar-refractivity contribution is 5.73. The highest BCUT2D eigenvalue weighted by atomic mass is 16.7. The predicted molar refractivity (Wildman–Crippen MR) is 66.7 cm³/mol. The van der Waals surface area contributed by atoms with Gasteiger partial charge in [-0.3, -0.25) is 14.4 Å². The van der Waals surface area contributed by atoms with Gasteiger partial charge in [0, 0.05) is 22.1 Å². The zero-order valence-corrected chi connectivity index (χ0v) is 11.6. The van der Waals surface area contributed by atoms with Crippen LogP contribution in [0.15, 0.2) is 0 Å². The Morgan fingerprint density at radius 2 is 1.90 bits per heavy atom. The molecule has 21 heavy (non-hydrogen) atoms. The third-order valence-electron chi connectivity index (χ3n) is 2.77. The summed E-state index contributed by atoms with van der Waals surface area (Å²) in [6.45, 7) is 0.971. The summed E-state index contributed by atoms with van der Waals surface area (Å²) in [5.41, 5.74) is 0. The summed E-state index contributed by atoms with van der Waals surface area (Å²) in [5.74, 6) is -2.21. The second-order valence-electron chi connectivity index (χ2n) is 4.49. The Hall–Kier alpha value is -1.71. The number of carbonyl (C=O) groups is 3. The number of ether oxygens (including phenoxy) is 3. The lowest BCUT2D eigenvalue weighted by Crippen LogP contribution is -2.65. The van der Waals surface area contributed by atoms with Crippen LogP contribution < -0.4 is 5.32 Å². The minimum Gasteiger partial charge on any atom is -0.457 e. The molecule has 1 fully saturated rings. The van der Waals surface area contributed by atoms with Crippen molar-refractivity contribution < 1.29 is 40.2 Å². The second kappa shape index (κ2) is 7.34. The summed E-state index contributed by atoms with van der Waals surface area (Å²) in [6.07, 6.45) is -5.30. The van der Waals surface area contributed by atoms with Crippen LogP contribution in [0.4, 0.5) is 0 Å². The second-order valence-corrected chi connectivity index (χ2v) is 4.49. The molecule has 3 N–H and O–H groups in total. The van der Waals surface area contributed by atoms with Crippen LogP contribution in [0.1, 0.15) is 22.1 Å². The molecule has 0 saturated carbocycles. The van der Waals surface area contributed by atoms with Crippen molar-refractivity contribution in [3.05, 3.63) is 0 Å². The molecule has 1 aliphatic heterocycles. The van der Waals surface area contributed by atoms with E-state index in [4.69, 9.17) is 15.6 Å². The van der Waals surface area contributed by atoms with Gasteiger partial charge in [0.15, 0.2) is 6.10 Å². The van der Waals surface area contributed by atoms with Crippen molar-refractivity contribution in [2.45, 2.75) is 51.4 Å². The summed E-state index contributed by atoms with van der Waals surface area (Å²) in [6, 6.07) is -1.21. The number of aliphatic hydroxyl groups excluding tert-OH is 2. The van der Waals surface area contributed by atoms with Gasteiger partial charge in [0.1, 0.15) is 18.2 Å². The first kappa shape index (κ1) is 15.7. The van der Waals surface area contributed by atoms with Gasteiger partial charge in [-0.2, -0.15) is 0 Å². The molecule has 1 amide bonds. The van der Waals surface area contributed by atoms with E-state index in [0.717, 1.165) is 13.8 Å². The highest BCUT2D eigenvalue weighted by Gasteiger charge is 2.49. The molecule has 0 radical (unpaired) electrons. The molecule has 1 unspecified atom stereocenters. The zero-order valence-electron chi connectivity index (χ0n) is 12.6. The molecule has 0 bridgehead atoms. The lowest BCUT2D eigenvalue weighted by Gasteiger charge is -2.42. The first-order valence-corrected chi connectivity index (χ1v) is 6.17. The third-order valence-corrected chi connectivity index (χ3v) is 2.77. The zero-order chi connectivity index (χ0) is 16.9. The van der Waals surface area contributed by atoms with E-state index in [2.05, 4.69) is 5.32 Å². The molecule has 9 heteroatoms. The molecule has 0 aromatic carbocycles. The summed E-state index contributed by atoms with van der Waals surface area (Å²) in [4.78, 5) is 33.8. The number of hydrogen-bond acceptors (Lipinski definition) is 8. The van der Waals surface area contributed by atoms with E-state index in [1.807, 2.05) is 0 Å². The van der Waals surface area contributed by atoms with Crippen molar-refractivity contribution in [3.63, 3.8) is 0 Å². The van der Waals surface area contributed by atoms with E-state index in [1.54, 1.807) is 0 Å². The van der Waals surface area contributed by atoms with E-state index in [0.29, 0.717) is 0 Å². The minimum absolute atomic E-state index is 0.615. The van der Waals surface area contributed by atoms with Crippen molar-refractivity contribution in [2.75, 3.05) is 6.61 Å². The van der Waals surface area contributed by atoms with Crippen LogP contribution in [0.2, 0.25) is 0 Å². The van der Waals surface area contributed by atoms with Crippen molar-refractivity contribution in [3.8, 4) is 0 Å². The topological polar surface area (TPSA) is 131 Å². The Morgan fingerprint density at radius 1 is 1.29 bits per heavy atom. The van der Waals surface area contributed by atoms with Crippen molar-refractivity contribution in [2.24, 2.45) is 0 Å². The van der Waals surface area contributed by atoms with E-state index in [9.17, 15) is 24.6 Å². The van der Waals surface area contributed by atoms with Gasteiger partial charge in [-0.25, -0.2) is 0 Å². The van der Waals surface area contributed by atoms with E-state index in [-0.39, 0.29) is 0 Å². The molecule has 0 aromatic heterocycles. The van der Waals surface area contributed by atoms with Crippen LogP contribution in [0.3, 0.4) is 0 Å². The maximum Gasteiger partial charge on any atom is 0.305 e. The fraction of sp³-hybridized carbons (Fsp3) is 0.750. The Kier molecular flexibility index (Phi) is 5.48. The number of nitrogens with one attached hydrogen (secondary N) is 1. The third kappa shape index (κ3) is 4.66. The molecule has 5 atom stereocenters. The summed E-state index contributed by atoms with van der Waals surface area (Å²) >= 11 is 0. The molecular formula is C12H19NO8. The Bertz CT molecular complexity index is 431. The Morgan fingerprint density at radius 3 is 2.38 bits per heavy atom. The smallest absolute Gasteiger partial charge is 0.305 e. The van der Waals surface area contributed by atoms with E-state index >= 15 is 0 Å². The number of amides is 1. The van der Waals surface area contributed by atoms with Crippen LogP contribution in [-0.2, 0) is 28.6 Å². The van der Waals surface area contributed by atoms with E-state index < -0.39 is 62.0 Å². The number of hydrogen-bond donors (Lipinski definition) is 3. The summed E-state index contributed by atoms with van der Waals surface area (Å²) in [7, 11) is 0. The molecule has 0 spiro atoms. The molecular weight excluding hydrogens is 286 g/mol. The van der Waals surface area contributed by atoms with E-state index in [1.165, 1.54) is 0 Å². The first-order valence-electron chi connectivity index (χ1n) is 6.88. The fourth-order valence-electron chi connectivity index (χ4n) is 2.00. The molecule has 9 nitrogen and oxygen atoms in total. The molecule has 1 heterocycles. The SMILES string of the molecule is [2H]CC(=O)N[C@H]1C(OC(C)=O)O[C@H](CO)[C@H](O)[C@@H]1OC(C)=O. The van der Waals surface area contributed by atoms with Gasteiger partial charge in [0.25, 0.3) is 0 Å². The van der Waals surface area contributed by atoms with Gasteiger partial charge in [-0.05, 0) is 0 Å². The van der Waals surface area contributed by atoms with Crippen LogP contribution in [0, 0.1) is 0 Å². The maximum atomic E-state index is 11.4. The van der Waals surface area contributed by atoms with Crippen LogP contribution in [-0.4, -0.2) is 65.3 Å². The van der Waals surface area contributed by atoms with Crippen LogP contribution in [0.5, 0.6) is 0 Å². The maximum absolute atomic E-state index is 11.4. The Labute approximate surface area is 122 Å². The average molecular weight is 306 g/mol. The molecule has 120 valence electrons. The van der Waals surface area contributed by atoms with Crippen molar-refractivity contribution in [1.82, 2.24) is 5.32 Å². The lowest BCUT2D eigenvalue weighted by atomic mass is 9.96. The van der Waals surface area contributed by atoms with Gasteiger partial charge in [-0.15, -0.1) is 0 Å². The number of aliphatic hydroxyl groups is 2. The molecule has 0 aliphatic carbocycles. The van der Waals surface area contributed by atoms with Gasteiger partial charge in [0.2, 0.25) is 12.2 Å². The number of carbonyl (C=O) groups excluding carboxylic acids is 3. The molecule has 1 aliphatic rings. The summed E-state index contributed by atoms with van der Waals surface area (Å²) in [5, 5.41) is 21.6. The Balaban J connectivity index is 3.07. The lowest BCUT2D eigenvalue weighted by molar-refractivity contribution is -0.265. The van der Waals surface area contributed by atoms with Crippen molar-refractivity contribution in [1.29, 1.82) is 0 Å².